The molecule has 1 aliphatic heterocycles. The van der Waals surface area contributed by atoms with E-state index >= 15 is 13.2 Å². The van der Waals surface area contributed by atoms with Crippen molar-refractivity contribution in [3.63, 3.8) is 0 Å². The lowest BCUT2D eigenvalue weighted by Crippen LogP contribution is -2.49. The fourth-order valence-corrected chi connectivity index (χ4v) is 4.16. The Balaban J connectivity index is 1.81. The van der Waals surface area contributed by atoms with Crippen LogP contribution in [0.4, 0.5) is 18.9 Å². The molecule has 200 valence electrons. The van der Waals surface area contributed by atoms with Crippen molar-refractivity contribution in [3.8, 4) is 17.3 Å². The Labute approximate surface area is 221 Å². The summed E-state index contributed by atoms with van der Waals surface area (Å²) in [5.41, 5.74) is -2.05. The zero-order valence-corrected chi connectivity index (χ0v) is 21.1. The number of nitrogens with one attached hydrogen (secondary N) is 1. The van der Waals surface area contributed by atoms with Crippen molar-refractivity contribution in [1.29, 1.82) is 0 Å². The van der Waals surface area contributed by atoms with Crippen LogP contribution >= 0.6 is 0 Å². The number of esters is 1. The summed E-state index contributed by atoms with van der Waals surface area (Å²) < 4.78 is 62.2. The highest BCUT2D eigenvalue weighted by atomic mass is 19.4. The molecule has 5 rings (SSSR count). The monoisotopic (exact) mass is 536 g/mol. The number of aryl methyl sites for hydroxylation is 1. The Morgan fingerprint density at radius 3 is 2.23 bits per heavy atom. The molecule has 0 radical (unpaired) electrons. The van der Waals surface area contributed by atoms with E-state index in [0.717, 1.165) is 17.4 Å². The van der Waals surface area contributed by atoms with Gasteiger partial charge in [-0.2, -0.15) is 23.0 Å². The fourth-order valence-electron chi connectivity index (χ4n) is 4.16. The zero-order chi connectivity index (χ0) is 27.8. The molecule has 39 heavy (non-hydrogen) atoms. The molecular weight excluding hydrogens is 513 g/mol. The number of carbonyl (C=O) groups excluding carboxylic acids is 1. The quantitative estimate of drug-likeness (QED) is 0.332. The topological polar surface area (TPSA) is 87.0 Å². The van der Waals surface area contributed by atoms with Crippen molar-refractivity contribution in [2.24, 2.45) is 4.99 Å². The lowest BCUT2D eigenvalue weighted by atomic mass is 10.00. The molecule has 3 aromatic carbocycles. The molecule has 0 unspecified atom stereocenters. The number of benzene rings is 3. The van der Waals surface area contributed by atoms with Crippen LogP contribution in [-0.4, -0.2) is 42.0 Å². The van der Waals surface area contributed by atoms with E-state index in [1.807, 2.05) is 6.92 Å². The van der Waals surface area contributed by atoms with E-state index in [1.54, 1.807) is 54.6 Å². The first kappa shape index (κ1) is 25.8. The summed E-state index contributed by atoms with van der Waals surface area (Å²) in [6.07, 6.45) is -5.03. The Morgan fingerprint density at radius 1 is 0.974 bits per heavy atom. The van der Waals surface area contributed by atoms with Crippen LogP contribution in [0.15, 0.2) is 83.9 Å². The predicted molar refractivity (Wildman–Crippen MR) is 138 cm³/mol. The smallest absolute Gasteiger partial charge is 0.455 e. The molecule has 2 heterocycles. The van der Waals surface area contributed by atoms with Crippen LogP contribution < -0.4 is 14.8 Å². The molecule has 8 nitrogen and oxygen atoms in total. The number of nitrogens with zero attached hydrogens (tertiary/aromatic N) is 3. The van der Waals surface area contributed by atoms with E-state index in [4.69, 9.17) is 14.2 Å². The number of rotatable bonds is 5. The van der Waals surface area contributed by atoms with Gasteiger partial charge in [0.15, 0.2) is 5.69 Å². The number of methoxy groups -OCH3 is 2. The molecule has 1 aromatic heterocycles. The highest BCUT2D eigenvalue weighted by molar-refractivity contribution is 6.15. The van der Waals surface area contributed by atoms with E-state index in [1.165, 1.54) is 31.4 Å². The number of anilines is 1. The Morgan fingerprint density at radius 2 is 1.64 bits per heavy atom. The lowest BCUT2D eigenvalue weighted by Gasteiger charge is -2.36. The Bertz CT molecular complexity index is 1530. The number of ether oxygens (including phenoxy) is 3. The second-order valence-corrected chi connectivity index (χ2v) is 8.69. The molecule has 11 heteroatoms. The summed E-state index contributed by atoms with van der Waals surface area (Å²) in [4.78, 5) is 16.9. The molecule has 0 saturated carbocycles. The standard InChI is InChI=1S/C28H23F3N4O4/c1-17-9-13-19(14-10-17)32-24-22-23(26(36)38-3)34-35(20-7-5-4-6-8-20)25(22)39-27(33-24,28(29,30)31)18-11-15-21(37-2)16-12-18/h4-16H,1-3H3,(H,32,33)/t27-/m0/s1. The third-order valence-electron chi connectivity index (χ3n) is 6.15. The normalized spacial score (nSPS) is 16.5. The molecule has 0 fully saturated rings. The van der Waals surface area contributed by atoms with Gasteiger partial charge in [-0.15, -0.1) is 0 Å². The third-order valence-corrected chi connectivity index (χ3v) is 6.15. The number of fused-ring (bicyclic) bond motifs is 1. The van der Waals surface area contributed by atoms with E-state index < -0.39 is 17.9 Å². The number of para-hydroxylation sites is 1. The van der Waals surface area contributed by atoms with Gasteiger partial charge in [0.25, 0.3) is 0 Å². The van der Waals surface area contributed by atoms with Crippen LogP contribution in [0.2, 0.25) is 0 Å². The molecule has 0 saturated heterocycles. The molecule has 0 amide bonds. The van der Waals surface area contributed by atoms with E-state index in [2.05, 4.69) is 15.4 Å². The van der Waals surface area contributed by atoms with Crippen LogP contribution in [0.5, 0.6) is 11.6 Å². The number of amidine groups is 1. The number of carbonyl (C=O) groups is 1. The lowest BCUT2D eigenvalue weighted by molar-refractivity contribution is -0.253. The largest absolute Gasteiger partial charge is 0.497 e. The molecule has 0 aliphatic carbocycles. The summed E-state index contributed by atoms with van der Waals surface area (Å²) in [6, 6.07) is 20.6. The van der Waals surface area contributed by atoms with Crippen molar-refractivity contribution in [2.75, 3.05) is 19.5 Å². The highest BCUT2D eigenvalue weighted by Gasteiger charge is 2.62. The van der Waals surface area contributed by atoms with Gasteiger partial charge in [0.05, 0.1) is 19.9 Å². The average Bonchev–Trinajstić information content (AvgIpc) is 3.33. The maximum atomic E-state index is 15.1. The van der Waals surface area contributed by atoms with Gasteiger partial charge >= 0.3 is 17.9 Å². The third kappa shape index (κ3) is 4.56. The zero-order valence-electron chi connectivity index (χ0n) is 21.1. The number of aromatic nitrogens is 2. The first-order valence-corrected chi connectivity index (χ1v) is 11.8. The van der Waals surface area contributed by atoms with Crippen molar-refractivity contribution in [2.45, 2.75) is 18.8 Å². The molecule has 1 N–H and O–H groups in total. The van der Waals surface area contributed by atoms with Crippen LogP contribution in [-0.2, 0) is 10.5 Å². The van der Waals surface area contributed by atoms with Gasteiger partial charge in [0.2, 0.25) is 5.88 Å². The van der Waals surface area contributed by atoms with Crippen molar-refractivity contribution >= 4 is 17.5 Å². The second kappa shape index (κ2) is 9.82. The average molecular weight is 537 g/mol. The van der Waals surface area contributed by atoms with Crippen molar-refractivity contribution < 1.29 is 32.2 Å². The number of alkyl halides is 3. The first-order valence-electron chi connectivity index (χ1n) is 11.8. The van der Waals surface area contributed by atoms with Crippen LogP contribution in [0.3, 0.4) is 0 Å². The molecular formula is C28H23F3N4O4. The Kier molecular flexibility index (Phi) is 6.51. The van der Waals surface area contributed by atoms with Gasteiger partial charge in [0, 0.05) is 11.3 Å². The number of hydrogen-bond acceptors (Lipinski definition) is 7. The van der Waals surface area contributed by atoms with Gasteiger partial charge < -0.3 is 19.5 Å². The van der Waals surface area contributed by atoms with E-state index in [-0.39, 0.29) is 28.5 Å². The fraction of sp³-hybridized carbons (Fsp3) is 0.179. The maximum absolute atomic E-state index is 15.1. The minimum Gasteiger partial charge on any atom is -0.497 e. The SMILES string of the molecule is COC(=O)c1nn(-c2ccccc2)c2c1C(Nc1ccc(C)cc1)=N[C@](c1ccc(OC)cc1)(C(F)(F)F)O2. The predicted octanol–water partition coefficient (Wildman–Crippen LogP) is 5.64. The van der Waals surface area contributed by atoms with Crippen LogP contribution in [0, 0.1) is 6.92 Å². The van der Waals surface area contributed by atoms with E-state index in [9.17, 15) is 4.79 Å². The van der Waals surface area contributed by atoms with E-state index in [0.29, 0.717) is 17.1 Å². The Hall–Kier alpha value is -4.80. The van der Waals surface area contributed by atoms with Crippen LogP contribution in [0.1, 0.15) is 27.2 Å². The summed E-state index contributed by atoms with van der Waals surface area (Å²) in [6.45, 7) is 1.88. The first-order chi connectivity index (χ1) is 18.7. The van der Waals surface area contributed by atoms with Crippen molar-refractivity contribution in [3.05, 3.63) is 101 Å². The summed E-state index contributed by atoms with van der Waals surface area (Å²) in [7, 11) is 2.56. The van der Waals surface area contributed by atoms with Crippen LogP contribution in [0.25, 0.3) is 5.69 Å². The van der Waals surface area contributed by atoms with Gasteiger partial charge in [-0.05, 0) is 55.5 Å². The number of hydrogen-bond donors (Lipinski definition) is 1. The number of aliphatic imine (C=N–C) groups is 1. The highest BCUT2D eigenvalue weighted by Crippen LogP contribution is 2.49. The molecule has 0 spiro atoms. The summed E-state index contributed by atoms with van der Waals surface area (Å²) >= 11 is 0. The summed E-state index contributed by atoms with van der Waals surface area (Å²) in [5.74, 6) is -1.11. The minimum atomic E-state index is -5.03. The number of halogens is 3. The van der Waals surface area contributed by atoms with Gasteiger partial charge in [0.1, 0.15) is 17.1 Å². The molecule has 1 aliphatic rings. The van der Waals surface area contributed by atoms with Gasteiger partial charge in [-0.3, -0.25) is 0 Å². The van der Waals surface area contributed by atoms with Crippen molar-refractivity contribution in [1.82, 2.24) is 9.78 Å². The van der Waals surface area contributed by atoms with Gasteiger partial charge in [-0.1, -0.05) is 35.9 Å². The molecule has 0 bridgehead atoms. The molecule has 4 aromatic rings. The van der Waals surface area contributed by atoms with Gasteiger partial charge in [-0.25, -0.2) is 9.79 Å². The minimum absolute atomic E-state index is 0.0698. The second-order valence-electron chi connectivity index (χ2n) is 8.69. The summed E-state index contributed by atoms with van der Waals surface area (Å²) in [5, 5.41) is 7.27. The maximum Gasteiger partial charge on any atom is 0.455 e. The molecule has 1 atom stereocenters.